The lowest BCUT2D eigenvalue weighted by Crippen LogP contribution is -2.20. The molecule has 0 radical (unpaired) electrons. The molecule has 0 heterocycles. The second-order valence-corrected chi connectivity index (χ2v) is 9.43. The van der Waals surface area contributed by atoms with Gasteiger partial charge in [0.25, 0.3) is 0 Å². The third-order valence-electron chi connectivity index (χ3n) is 5.58. The van der Waals surface area contributed by atoms with E-state index in [2.05, 4.69) is 30.0 Å². The molecule has 1 atom stereocenters. The average molecular weight is 357 g/mol. The molecule has 0 amide bonds. The predicted octanol–water partition coefficient (Wildman–Crippen LogP) is 9.07. The number of unbranched alkanes of at least 4 members (excludes halogenated alkanes) is 13. The van der Waals surface area contributed by atoms with Crippen LogP contribution in [0.4, 0.5) is 0 Å². The van der Waals surface area contributed by atoms with E-state index in [0.29, 0.717) is 5.16 Å². The molecule has 0 aliphatic heterocycles. The summed E-state index contributed by atoms with van der Waals surface area (Å²) in [6.07, 6.45) is 27.3. The molecule has 0 bridgehead atoms. The van der Waals surface area contributed by atoms with Crippen LogP contribution in [0.25, 0.3) is 0 Å². The summed E-state index contributed by atoms with van der Waals surface area (Å²) in [5.74, 6) is 0. The first-order valence-electron chi connectivity index (χ1n) is 11.5. The fraction of sp³-hybridized carbons (Fsp3) is 1.00. The van der Waals surface area contributed by atoms with Crippen LogP contribution in [0.15, 0.2) is 0 Å². The Kier molecular flexibility index (Phi) is 18.6. The van der Waals surface area contributed by atoms with Gasteiger partial charge in [-0.1, -0.05) is 124 Å². The van der Waals surface area contributed by atoms with E-state index < -0.39 is 0 Å². The molecule has 0 aliphatic rings. The molecule has 0 saturated heterocycles. The molecule has 0 aliphatic carbocycles. The Labute approximate surface area is 157 Å². The van der Waals surface area contributed by atoms with Gasteiger partial charge in [-0.3, -0.25) is 0 Å². The molecule has 1 unspecified atom stereocenters. The van der Waals surface area contributed by atoms with Gasteiger partial charge in [0.1, 0.15) is 0 Å². The van der Waals surface area contributed by atoms with Crippen molar-refractivity contribution in [1.82, 2.24) is 0 Å². The highest BCUT2D eigenvalue weighted by Gasteiger charge is 2.22. The summed E-state index contributed by atoms with van der Waals surface area (Å²) in [4.78, 5) is 0. The Morgan fingerprint density at radius 1 is 0.417 bits per heavy atom. The minimum Gasteiger partial charge on any atom is -0.131 e. The van der Waals surface area contributed by atoms with E-state index in [9.17, 15) is 0 Å². The van der Waals surface area contributed by atoms with Crippen LogP contribution < -0.4 is 0 Å². The molecule has 0 N–H and O–H groups in total. The van der Waals surface area contributed by atoms with Crippen molar-refractivity contribution in [2.45, 2.75) is 148 Å². The van der Waals surface area contributed by atoms with Crippen molar-refractivity contribution in [2.24, 2.45) is 0 Å². The molecule has 146 valence electrons. The fourth-order valence-corrected chi connectivity index (χ4v) is 4.41. The molecule has 24 heavy (non-hydrogen) atoms. The Bertz CT molecular complexity index is 222. The molecule has 0 saturated carbocycles. The maximum Gasteiger partial charge on any atom is -0.0150 e. The van der Waals surface area contributed by atoms with Crippen molar-refractivity contribution < 1.29 is 0 Å². The smallest absolute Gasteiger partial charge is 0.0150 e. The van der Waals surface area contributed by atoms with Crippen LogP contribution in [0.1, 0.15) is 143 Å². The molecular weight excluding hydrogens is 307 g/mol. The second kappa shape index (κ2) is 18.2. The van der Waals surface area contributed by atoms with Crippen molar-refractivity contribution in [3.8, 4) is 0 Å². The van der Waals surface area contributed by atoms with Gasteiger partial charge >= 0.3 is 0 Å². The van der Waals surface area contributed by atoms with E-state index in [-0.39, 0.29) is 0 Å². The van der Waals surface area contributed by atoms with E-state index in [4.69, 9.17) is 0 Å². The monoisotopic (exact) mass is 356 g/mol. The molecular formula is C23H49P. The van der Waals surface area contributed by atoms with Gasteiger partial charge < -0.3 is 0 Å². The van der Waals surface area contributed by atoms with Gasteiger partial charge in [-0.25, -0.2) is 0 Å². The van der Waals surface area contributed by atoms with Crippen LogP contribution in [0.2, 0.25) is 0 Å². The SMILES string of the molecule is CCCCCCCCC(P)(CCCCCCC)CCCCCCC. The summed E-state index contributed by atoms with van der Waals surface area (Å²) in [6.45, 7) is 6.94. The molecule has 0 aromatic heterocycles. The molecule has 0 spiro atoms. The van der Waals surface area contributed by atoms with Gasteiger partial charge in [0.2, 0.25) is 0 Å². The summed E-state index contributed by atoms with van der Waals surface area (Å²) in [6, 6.07) is 0. The van der Waals surface area contributed by atoms with Crippen LogP contribution in [0.3, 0.4) is 0 Å². The highest BCUT2D eigenvalue weighted by Crippen LogP contribution is 2.37. The molecule has 0 fully saturated rings. The standard InChI is InChI=1S/C23H49P/c1-4-7-10-13-16-19-22-23(24,20-17-14-11-8-5-2)21-18-15-12-9-6-3/h4-22,24H2,1-3H3. The lowest BCUT2D eigenvalue weighted by molar-refractivity contribution is 0.403. The van der Waals surface area contributed by atoms with Crippen molar-refractivity contribution in [3.63, 3.8) is 0 Å². The lowest BCUT2D eigenvalue weighted by atomic mass is 9.88. The first-order valence-corrected chi connectivity index (χ1v) is 12.0. The quantitative estimate of drug-likeness (QED) is 0.160. The second-order valence-electron chi connectivity index (χ2n) is 8.21. The van der Waals surface area contributed by atoms with Crippen molar-refractivity contribution in [1.29, 1.82) is 0 Å². The zero-order valence-electron chi connectivity index (χ0n) is 17.5. The third-order valence-corrected chi connectivity index (χ3v) is 6.45. The molecule has 0 aromatic carbocycles. The van der Waals surface area contributed by atoms with Crippen LogP contribution in [-0.4, -0.2) is 5.16 Å². The van der Waals surface area contributed by atoms with E-state index in [1.165, 1.54) is 122 Å². The first kappa shape index (κ1) is 24.4. The maximum atomic E-state index is 3.32. The molecule has 1 heteroatoms. The summed E-state index contributed by atoms with van der Waals surface area (Å²) >= 11 is 0. The van der Waals surface area contributed by atoms with Crippen LogP contribution in [0, 0.1) is 0 Å². The van der Waals surface area contributed by atoms with Gasteiger partial charge in [0, 0.05) is 0 Å². The molecule has 0 rings (SSSR count). The number of hydrogen-bond acceptors (Lipinski definition) is 0. The van der Waals surface area contributed by atoms with E-state index in [1.54, 1.807) is 0 Å². The highest BCUT2D eigenvalue weighted by molar-refractivity contribution is 7.19. The molecule has 0 nitrogen and oxygen atoms in total. The minimum atomic E-state index is 0.559. The third kappa shape index (κ3) is 15.9. The van der Waals surface area contributed by atoms with E-state index in [0.717, 1.165) is 0 Å². The van der Waals surface area contributed by atoms with Crippen molar-refractivity contribution >= 4 is 9.24 Å². The van der Waals surface area contributed by atoms with Gasteiger partial charge in [0.15, 0.2) is 0 Å². The van der Waals surface area contributed by atoms with Gasteiger partial charge in [-0.15, -0.1) is 9.24 Å². The normalized spacial score (nSPS) is 12.0. The summed E-state index contributed by atoms with van der Waals surface area (Å²) < 4.78 is 0. The van der Waals surface area contributed by atoms with Crippen LogP contribution >= 0.6 is 9.24 Å². The highest BCUT2D eigenvalue weighted by atomic mass is 31.0. The van der Waals surface area contributed by atoms with Gasteiger partial charge in [-0.2, -0.15) is 0 Å². The van der Waals surface area contributed by atoms with Gasteiger partial charge in [0.05, 0.1) is 0 Å². The fourth-order valence-electron chi connectivity index (χ4n) is 3.79. The Morgan fingerprint density at radius 2 is 0.667 bits per heavy atom. The Hall–Kier alpha value is 0.430. The summed E-state index contributed by atoms with van der Waals surface area (Å²) in [5, 5.41) is 0.559. The molecule has 0 aromatic rings. The summed E-state index contributed by atoms with van der Waals surface area (Å²) in [5.41, 5.74) is 0. The summed E-state index contributed by atoms with van der Waals surface area (Å²) in [7, 11) is 3.32. The van der Waals surface area contributed by atoms with Gasteiger partial charge in [-0.05, 0) is 24.4 Å². The van der Waals surface area contributed by atoms with E-state index in [1.807, 2.05) is 0 Å². The number of hydrogen-bond donors (Lipinski definition) is 0. The average Bonchev–Trinajstić information content (AvgIpc) is 2.58. The Morgan fingerprint density at radius 3 is 0.958 bits per heavy atom. The number of rotatable bonds is 19. The zero-order valence-corrected chi connectivity index (χ0v) is 18.7. The predicted molar refractivity (Wildman–Crippen MR) is 117 cm³/mol. The minimum absolute atomic E-state index is 0.559. The van der Waals surface area contributed by atoms with Crippen LogP contribution in [0.5, 0.6) is 0 Å². The van der Waals surface area contributed by atoms with Crippen molar-refractivity contribution in [2.75, 3.05) is 0 Å². The topological polar surface area (TPSA) is 0 Å². The van der Waals surface area contributed by atoms with E-state index >= 15 is 0 Å². The zero-order chi connectivity index (χ0) is 17.9. The lowest BCUT2D eigenvalue weighted by Gasteiger charge is -2.30. The Balaban J connectivity index is 4.00. The van der Waals surface area contributed by atoms with Crippen LogP contribution in [-0.2, 0) is 0 Å². The largest absolute Gasteiger partial charge is 0.131 e. The maximum absolute atomic E-state index is 3.32. The van der Waals surface area contributed by atoms with Crippen molar-refractivity contribution in [3.05, 3.63) is 0 Å². The first-order chi connectivity index (χ1) is 11.7.